The van der Waals surface area contributed by atoms with Gasteiger partial charge in [0.05, 0.1) is 25.4 Å². The Balaban J connectivity index is 1.62. The van der Waals surface area contributed by atoms with Gasteiger partial charge in [0, 0.05) is 6.42 Å². The van der Waals surface area contributed by atoms with Gasteiger partial charge in [-0.15, -0.1) is 0 Å². The zero-order valence-electron chi connectivity index (χ0n) is 18.5. The maximum Gasteiger partial charge on any atom is 0.305 e. The van der Waals surface area contributed by atoms with Gasteiger partial charge in [-0.3, -0.25) is 4.79 Å². The SMILES string of the molecule is COC(=O)C[C@@H](C)[C@H]1CC[C@H]2[C@@H]3[C@H](O)C[C@H]4C[C@@H](O)CC[C@]4(C)[C@H]3C[C@@H](O)[C@]12C. The van der Waals surface area contributed by atoms with Crippen LogP contribution in [0.25, 0.3) is 0 Å². The smallest absolute Gasteiger partial charge is 0.305 e. The van der Waals surface area contributed by atoms with Crippen LogP contribution in [0.2, 0.25) is 0 Å². The molecule has 0 amide bonds. The van der Waals surface area contributed by atoms with Gasteiger partial charge in [0.1, 0.15) is 0 Å². The van der Waals surface area contributed by atoms with Crippen LogP contribution in [0, 0.1) is 46.3 Å². The third-order valence-corrected chi connectivity index (χ3v) is 10.2. The molecular weight excluding hydrogens is 368 g/mol. The van der Waals surface area contributed by atoms with E-state index in [0.29, 0.717) is 24.2 Å². The summed E-state index contributed by atoms with van der Waals surface area (Å²) in [6.07, 6.45) is 5.54. The molecule has 0 aliphatic heterocycles. The summed E-state index contributed by atoms with van der Waals surface area (Å²) in [6, 6.07) is 0. The number of fused-ring (bicyclic) bond motifs is 5. The molecule has 11 atom stereocenters. The third-order valence-electron chi connectivity index (χ3n) is 10.2. The van der Waals surface area contributed by atoms with Crippen LogP contribution in [0.5, 0.6) is 0 Å². The maximum atomic E-state index is 11.9. The van der Waals surface area contributed by atoms with E-state index in [0.717, 1.165) is 44.9 Å². The van der Waals surface area contributed by atoms with E-state index in [4.69, 9.17) is 4.74 Å². The van der Waals surface area contributed by atoms with Gasteiger partial charge in [-0.05, 0) is 91.3 Å². The predicted molar refractivity (Wildman–Crippen MR) is 110 cm³/mol. The summed E-state index contributed by atoms with van der Waals surface area (Å²) < 4.78 is 4.90. The van der Waals surface area contributed by atoms with Gasteiger partial charge in [0.15, 0.2) is 0 Å². The van der Waals surface area contributed by atoms with Crippen LogP contribution < -0.4 is 0 Å². The Hall–Kier alpha value is -0.650. The number of ether oxygens (including phenoxy) is 1. The molecule has 5 nitrogen and oxygen atoms in total. The van der Waals surface area contributed by atoms with Crippen molar-refractivity contribution in [3.05, 3.63) is 0 Å². The van der Waals surface area contributed by atoms with Crippen LogP contribution >= 0.6 is 0 Å². The van der Waals surface area contributed by atoms with E-state index >= 15 is 0 Å². The number of methoxy groups -OCH3 is 1. The molecule has 0 aromatic heterocycles. The normalized spacial score (nSPS) is 52.8. The number of carbonyl (C=O) groups excluding carboxylic acids is 1. The van der Waals surface area contributed by atoms with E-state index in [1.165, 1.54) is 7.11 Å². The number of carbonyl (C=O) groups is 1. The number of hydrogen-bond donors (Lipinski definition) is 3. The van der Waals surface area contributed by atoms with Crippen LogP contribution in [0.4, 0.5) is 0 Å². The lowest BCUT2D eigenvalue weighted by atomic mass is 9.43. The minimum atomic E-state index is -0.407. The van der Waals surface area contributed by atoms with Crippen LogP contribution in [0.3, 0.4) is 0 Å². The number of hydrogen-bond acceptors (Lipinski definition) is 5. The highest BCUT2D eigenvalue weighted by atomic mass is 16.5. The lowest BCUT2D eigenvalue weighted by Crippen LogP contribution is -2.62. The van der Waals surface area contributed by atoms with Crippen molar-refractivity contribution in [3.8, 4) is 0 Å². The van der Waals surface area contributed by atoms with E-state index < -0.39 is 6.10 Å². The first-order valence-electron chi connectivity index (χ1n) is 11.7. The molecule has 4 aliphatic rings. The number of aliphatic hydroxyl groups is 3. The topological polar surface area (TPSA) is 87.0 Å². The fourth-order valence-electron chi connectivity index (χ4n) is 8.62. The Kier molecular flexibility index (Phi) is 5.57. The molecule has 3 N–H and O–H groups in total. The van der Waals surface area contributed by atoms with Crippen molar-refractivity contribution >= 4 is 5.97 Å². The van der Waals surface area contributed by atoms with E-state index in [1.807, 2.05) is 0 Å². The standard InChI is InChI=1S/C24H40O5/c1-13(9-21(28)29-4)16-5-6-17-22-18(12-20(27)24(16,17)3)23(2)8-7-15(25)10-14(23)11-19(22)26/h13-20,22,25-27H,5-12H2,1-4H3/t13-,14-,15+,16-,17+,18+,19-,20-,22+,23+,24-/m1/s1. The van der Waals surface area contributed by atoms with Crippen LogP contribution in [-0.2, 0) is 9.53 Å². The average Bonchev–Trinajstić information content (AvgIpc) is 3.02. The Morgan fingerprint density at radius 2 is 1.79 bits per heavy atom. The minimum Gasteiger partial charge on any atom is -0.469 e. The van der Waals surface area contributed by atoms with Crippen LogP contribution in [-0.4, -0.2) is 46.7 Å². The van der Waals surface area contributed by atoms with E-state index in [2.05, 4.69) is 20.8 Å². The molecule has 5 heteroatoms. The summed E-state index contributed by atoms with van der Waals surface area (Å²) in [5, 5.41) is 33.0. The summed E-state index contributed by atoms with van der Waals surface area (Å²) in [5.41, 5.74) is -0.159. The molecule has 4 saturated carbocycles. The highest BCUT2D eigenvalue weighted by molar-refractivity contribution is 5.69. The van der Waals surface area contributed by atoms with Gasteiger partial charge < -0.3 is 20.1 Å². The largest absolute Gasteiger partial charge is 0.469 e. The Morgan fingerprint density at radius 3 is 2.48 bits per heavy atom. The molecule has 29 heavy (non-hydrogen) atoms. The summed E-state index contributed by atoms with van der Waals surface area (Å²) in [4.78, 5) is 11.9. The van der Waals surface area contributed by atoms with Gasteiger partial charge in [-0.2, -0.15) is 0 Å². The first kappa shape index (κ1) is 21.6. The molecule has 4 aliphatic carbocycles. The predicted octanol–water partition coefficient (Wildman–Crippen LogP) is 3.15. The van der Waals surface area contributed by atoms with Gasteiger partial charge in [0.2, 0.25) is 0 Å². The lowest BCUT2D eigenvalue weighted by Gasteiger charge is -2.63. The van der Waals surface area contributed by atoms with Crippen molar-refractivity contribution in [2.75, 3.05) is 7.11 Å². The summed E-state index contributed by atoms with van der Waals surface area (Å²) in [7, 11) is 1.44. The van der Waals surface area contributed by atoms with Crippen molar-refractivity contribution < 1.29 is 24.9 Å². The second-order valence-electron chi connectivity index (χ2n) is 11.3. The minimum absolute atomic E-state index is 0.0984. The molecule has 0 aromatic rings. The zero-order chi connectivity index (χ0) is 21.1. The molecule has 0 bridgehead atoms. The Labute approximate surface area is 175 Å². The van der Waals surface area contributed by atoms with Gasteiger partial charge >= 0.3 is 5.97 Å². The molecule has 0 radical (unpaired) electrons. The molecule has 0 aromatic carbocycles. The third kappa shape index (κ3) is 3.18. The number of esters is 1. The fourth-order valence-corrected chi connectivity index (χ4v) is 8.62. The van der Waals surface area contributed by atoms with Crippen molar-refractivity contribution in [1.82, 2.24) is 0 Å². The maximum absolute atomic E-state index is 11.9. The number of rotatable bonds is 3. The van der Waals surface area contributed by atoms with Gasteiger partial charge in [0.25, 0.3) is 0 Å². The van der Waals surface area contributed by atoms with Gasteiger partial charge in [-0.25, -0.2) is 0 Å². The quantitative estimate of drug-likeness (QED) is 0.625. The first-order valence-corrected chi connectivity index (χ1v) is 11.7. The van der Waals surface area contributed by atoms with E-state index in [1.54, 1.807) is 0 Å². The molecule has 166 valence electrons. The van der Waals surface area contributed by atoms with Gasteiger partial charge in [-0.1, -0.05) is 20.8 Å². The first-order chi connectivity index (χ1) is 13.6. The Morgan fingerprint density at radius 1 is 1.07 bits per heavy atom. The molecule has 0 heterocycles. The monoisotopic (exact) mass is 408 g/mol. The average molecular weight is 409 g/mol. The second-order valence-corrected chi connectivity index (χ2v) is 11.3. The van der Waals surface area contributed by atoms with Crippen LogP contribution in [0.1, 0.15) is 72.1 Å². The summed E-state index contributed by atoms with van der Waals surface area (Å²) in [6.45, 7) is 6.69. The second kappa shape index (κ2) is 7.49. The van der Waals surface area contributed by atoms with Crippen molar-refractivity contribution in [2.24, 2.45) is 46.3 Å². The lowest BCUT2D eigenvalue weighted by molar-refractivity contribution is -0.207. The number of aliphatic hydroxyl groups excluding tert-OH is 3. The highest BCUT2D eigenvalue weighted by Gasteiger charge is 2.65. The molecule has 4 fully saturated rings. The van der Waals surface area contributed by atoms with Crippen molar-refractivity contribution in [2.45, 2.75) is 90.4 Å². The molecule has 0 spiro atoms. The molecule has 0 unspecified atom stereocenters. The molecule has 0 saturated heterocycles. The van der Waals surface area contributed by atoms with E-state index in [9.17, 15) is 20.1 Å². The Bertz CT molecular complexity index is 637. The fraction of sp³-hybridized carbons (Fsp3) is 0.958. The highest BCUT2D eigenvalue weighted by Crippen LogP contribution is 2.68. The zero-order valence-corrected chi connectivity index (χ0v) is 18.5. The molecular formula is C24H40O5. The van der Waals surface area contributed by atoms with Crippen molar-refractivity contribution in [3.63, 3.8) is 0 Å². The van der Waals surface area contributed by atoms with E-state index in [-0.39, 0.29) is 46.8 Å². The summed E-state index contributed by atoms with van der Waals surface area (Å²) >= 11 is 0. The van der Waals surface area contributed by atoms with Crippen molar-refractivity contribution in [1.29, 1.82) is 0 Å². The summed E-state index contributed by atoms with van der Waals surface area (Å²) in [5.74, 6) is 1.42. The van der Waals surface area contributed by atoms with Crippen LogP contribution in [0.15, 0.2) is 0 Å². The molecule has 4 rings (SSSR count).